The van der Waals surface area contributed by atoms with Gasteiger partial charge < -0.3 is 15.6 Å². The molecule has 0 aliphatic carbocycles. The first-order valence-electron chi connectivity index (χ1n) is 4.78. The summed E-state index contributed by atoms with van der Waals surface area (Å²) < 4.78 is 30.3. The number of aliphatic carboxylic acids is 1. The van der Waals surface area contributed by atoms with Gasteiger partial charge in [0.1, 0.15) is 5.75 Å². The molecule has 1 aromatic carbocycles. The van der Waals surface area contributed by atoms with E-state index in [2.05, 4.69) is 0 Å². The van der Waals surface area contributed by atoms with Gasteiger partial charge in [-0.1, -0.05) is 24.3 Å². The normalized spacial score (nSPS) is 12.6. The minimum absolute atomic E-state index is 0. The van der Waals surface area contributed by atoms with Crippen LogP contribution in [0.25, 0.3) is 0 Å². The van der Waals surface area contributed by atoms with Crippen LogP contribution in [0.2, 0.25) is 0 Å². The number of nitrogens with two attached hydrogens (primary N) is 1. The number of carboxylic acids is 1. The monoisotopic (exact) mass is 281 g/mol. The second kappa shape index (κ2) is 7.22. The van der Waals surface area contributed by atoms with Gasteiger partial charge in [-0.3, -0.25) is 4.55 Å². The van der Waals surface area contributed by atoms with Gasteiger partial charge >= 0.3 is 29.6 Å². The van der Waals surface area contributed by atoms with Crippen molar-refractivity contribution in [3.05, 3.63) is 35.4 Å². The molecule has 0 aromatic heterocycles. The maximum atomic E-state index is 10.8. The van der Waals surface area contributed by atoms with Crippen LogP contribution in [0, 0.1) is 0 Å². The zero-order chi connectivity index (χ0) is 13.1. The zero-order valence-electron chi connectivity index (χ0n) is 9.87. The van der Waals surface area contributed by atoms with Crippen LogP contribution in [-0.2, 0) is 27.1 Å². The van der Waals surface area contributed by atoms with E-state index >= 15 is 0 Å². The largest absolute Gasteiger partial charge is 1.00 e. The Balaban J connectivity index is 0.00000289. The Morgan fingerprint density at radius 2 is 1.83 bits per heavy atom. The maximum Gasteiger partial charge on any atom is 1.00 e. The minimum atomic E-state index is -4.16. The first kappa shape index (κ1) is 17.6. The molecule has 0 aliphatic heterocycles. The van der Waals surface area contributed by atoms with Gasteiger partial charge in [-0.15, -0.1) is 0 Å². The van der Waals surface area contributed by atoms with Crippen molar-refractivity contribution in [3.63, 3.8) is 0 Å². The van der Waals surface area contributed by atoms with E-state index in [1.54, 1.807) is 18.2 Å². The standard InChI is InChI=1S/C10H13NO5S.Na/c11-9(10(12)13)5-7-3-1-2-4-8(7)6-17(14,15)16;/h1-4,9H,5-6,11H2,(H,12,13)(H,14,15,16);/q;+1/p-1/t9-;/m0./s1. The molecule has 6 nitrogen and oxygen atoms in total. The first-order valence-corrected chi connectivity index (χ1v) is 6.39. The fourth-order valence-electron chi connectivity index (χ4n) is 1.41. The molecule has 1 aromatic rings. The summed E-state index contributed by atoms with van der Waals surface area (Å²) >= 11 is 0. The van der Waals surface area contributed by atoms with Crippen molar-refractivity contribution in [1.29, 1.82) is 0 Å². The Morgan fingerprint density at radius 3 is 2.28 bits per heavy atom. The van der Waals surface area contributed by atoms with E-state index in [0.717, 1.165) is 0 Å². The number of benzene rings is 1. The molecule has 18 heavy (non-hydrogen) atoms. The predicted octanol–water partition coefficient (Wildman–Crippen LogP) is -4.30. The van der Waals surface area contributed by atoms with E-state index in [1.807, 2.05) is 0 Å². The minimum Gasteiger partial charge on any atom is -0.548 e. The molecule has 0 heterocycles. The molecule has 0 saturated carbocycles. The number of rotatable bonds is 5. The molecule has 0 aliphatic rings. The summed E-state index contributed by atoms with van der Waals surface area (Å²) in [6, 6.07) is 5.06. The van der Waals surface area contributed by atoms with Crippen LogP contribution >= 0.6 is 0 Å². The van der Waals surface area contributed by atoms with Crippen LogP contribution in [0.1, 0.15) is 11.1 Å². The Kier molecular flexibility index (Phi) is 7.05. The average Bonchev–Trinajstić information content (AvgIpc) is 2.18. The Bertz CT molecular complexity index is 517. The third-order valence-electron chi connectivity index (χ3n) is 2.20. The number of carboxylic acid groups (broad SMARTS) is 1. The van der Waals surface area contributed by atoms with Crippen molar-refractivity contribution >= 4 is 16.1 Å². The second-order valence-electron chi connectivity index (χ2n) is 3.62. The Hall–Kier alpha value is -0.440. The molecule has 0 amide bonds. The van der Waals surface area contributed by atoms with E-state index < -0.39 is 27.9 Å². The second-order valence-corrected chi connectivity index (χ2v) is 5.08. The molecule has 0 spiro atoms. The summed E-state index contributed by atoms with van der Waals surface area (Å²) in [5.74, 6) is -1.98. The molecular weight excluding hydrogens is 269 g/mol. The van der Waals surface area contributed by atoms with E-state index in [-0.39, 0.29) is 36.0 Å². The molecule has 0 saturated heterocycles. The van der Waals surface area contributed by atoms with Crippen molar-refractivity contribution in [2.24, 2.45) is 5.73 Å². The topological polar surface area (TPSA) is 121 Å². The van der Waals surface area contributed by atoms with Crippen LogP contribution in [0.15, 0.2) is 24.3 Å². The average molecular weight is 281 g/mol. The van der Waals surface area contributed by atoms with E-state index in [0.29, 0.717) is 11.1 Å². The van der Waals surface area contributed by atoms with Gasteiger partial charge in [-0.2, -0.15) is 8.42 Å². The SMILES string of the molecule is N[C@@H](Cc1ccccc1CS(=O)(=O)O)C(=O)[O-].[Na+]. The summed E-state index contributed by atoms with van der Waals surface area (Å²) in [5.41, 5.74) is 6.09. The van der Waals surface area contributed by atoms with Crippen molar-refractivity contribution < 1.29 is 52.4 Å². The van der Waals surface area contributed by atoms with Gasteiger partial charge in [0.25, 0.3) is 10.1 Å². The Labute approximate surface area is 127 Å². The zero-order valence-corrected chi connectivity index (χ0v) is 12.7. The number of hydrogen-bond acceptors (Lipinski definition) is 5. The van der Waals surface area contributed by atoms with Crippen LogP contribution in [-0.4, -0.2) is 25.0 Å². The van der Waals surface area contributed by atoms with Crippen LogP contribution in [0.4, 0.5) is 0 Å². The summed E-state index contributed by atoms with van der Waals surface area (Å²) in [7, 11) is -4.16. The van der Waals surface area contributed by atoms with Gasteiger partial charge in [0.05, 0.1) is 5.97 Å². The summed E-state index contributed by atoms with van der Waals surface area (Å²) in [6.07, 6.45) is -0.0476. The molecule has 1 rings (SSSR count). The summed E-state index contributed by atoms with van der Waals surface area (Å²) in [4.78, 5) is 10.5. The molecular formula is C10H12NNaO5S. The molecule has 1 atom stereocenters. The summed E-state index contributed by atoms with van der Waals surface area (Å²) in [5, 5.41) is 10.5. The number of carbonyl (C=O) groups is 1. The van der Waals surface area contributed by atoms with Crippen molar-refractivity contribution in [2.45, 2.75) is 18.2 Å². The van der Waals surface area contributed by atoms with Gasteiger partial charge in [0.15, 0.2) is 0 Å². The Morgan fingerprint density at radius 1 is 1.33 bits per heavy atom. The summed E-state index contributed by atoms with van der Waals surface area (Å²) in [6.45, 7) is 0. The maximum absolute atomic E-state index is 10.8. The number of carbonyl (C=O) groups excluding carboxylic acids is 1. The van der Waals surface area contributed by atoms with Gasteiger partial charge in [0.2, 0.25) is 0 Å². The molecule has 0 radical (unpaired) electrons. The van der Waals surface area contributed by atoms with Crippen molar-refractivity contribution in [2.75, 3.05) is 0 Å². The van der Waals surface area contributed by atoms with Crippen LogP contribution in [0.5, 0.6) is 0 Å². The predicted molar refractivity (Wildman–Crippen MR) is 58.4 cm³/mol. The molecule has 8 heteroatoms. The van der Waals surface area contributed by atoms with Crippen LogP contribution in [0.3, 0.4) is 0 Å². The van der Waals surface area contributed by atoms with Gasteiger partial charge in [0, 0.05) is 6.04 Å². The molecule has 3 N–H and O–H groups in total. The van der Waals surface area contributed by atoms with E-state index in [4.69, 9.17) is 10.3 Å². The molecule has 0 bridgehead atoms. The fourth-order valence-corrected chi connectivity index (χ4v) is 2.09. The van der Waals surface area contributed by atoms with E-state index in [9.17, 15) is 18.3 Å². The van der Waals surface area contributed by atoms with Gasteiger partial charge in [-0.25, -0.2) is 0 Å². The van der Waals surface area contributed by atoms with Crippen molar-refractivity contribution in [1.82, 2.24) is 0 Å². The number of hydrogen-bond donors (Lipinski definition) is 2. The van der Waals surface area contributed by atoms with E-state index in [1.165, 1.54) is 6.07 Å². The smallest absolute Gasteiger partial charge is 0.548 e. The van der Waals surface area contributed by atoms with Crippen LogP contribution < -0.4 is 40.4 Å². The fraction of sp³-hybridized carbons (Fsp3) is 0.300. The third kappa shape index (κ3) is 5.94. The molecule has 0 unspecified atom stereocenters. The quantitative estimate of drug-likeness (QED) is 0.416. The van der Waals surface area contributed by atoms with Crippen molar-refractivity contribution in [3.8, 4) is 0 Å². The third-order valence-corrected chi connectivity index (χ3v) is 2.87. The first-order chi connectivity index (χ1) is 7.79. The molecule has 0 fully saturated rings. The molecule has 94 valence electrons. The van der Waals surface area contributed by atoms with Gasteiger partial charge in [-0.05, 0) is 17.5 Å².